The van der Waals surface area contributed by atoms with E-state index in [2.05, 4.69) is 13.0 Å². The molecule has 0 spiro atoms. The number of para-hydroxylation sites is 2. The Morgan fingerprint density at radius 2 is 1.85 bits per heavy atom. The molecule has 4 heteroatoms. The second-order valence-electron chi connectivity index (χ2n) is 4.51. The number of thiophene rings is 1. The molecule has 0 aliphatic heterocycles. The quantitative estimate of drug-likeness (QED) is 0.838. The standard InChI is InChI=1S/C16H21NO2S/c1-3-12(17)16(15-10-7-11-20-15)19-14-9-6-5-8-13(14)18-4-2/h5-12,16H,3-4,17H2,1-2H3. The second-order valence-corrected chi connectivity index (χ2v) is 5.48. The smallest absolute Gasteiger partial charge is 0.162 e. The Labute approximate surface area is 124 Å². The van der Waals surface area contributed by atoms with Gasteiger partial charge in [0.1, 0.15) is 6.10 Å². The van der Waals surface area contributed by atoms with Crippen molar-refractivity contribution >= 4 is 11.3 Å². The second kappa shape index (κ2) is 7.31. The maximum atomic E-state index is 6.22. The van der Waals surface area contributed by atoms with Crippen molar-refractivity contribution in [1.29, 1.82) is 0 Å². The lowest BCUT2D eigenvalue weighted by atomic mass is 10.1. The highest BCUT2D eigenvalue weighted by Gasteiger charge is 2.22. The van der Waals surface area contributed by atoms with Gasteiger partial charge in [-0.1, -0.05) is 25.1 Å². The molecule has 20 heavy (non-hydrogen) atoms. The first-order chi connectivity index (χ1) is 9.76. The Bertz CT molecular complexity index is 513. The van der Waals surface area contributed by atoms with Crippen LogP contribution < -0.4 is 15.2 Å². The number of hydrogen-bond acceptors (Lipinski definition) is 4. The predicted octanol–water partition coefficient (Wildman–Crippen LogP) is 4.00. The van der Waals surface area contributed by atoms with Gasteiger partial charge in [0.15, 0.2) is 11.5 Å². The first-order valence-corrected chi connectivity index (χ1v) is 7.81. The number of ether oxygens (including phenoxy) is 2. The molecule has 0 aliphatic rings. The molecular formula is C16H21NO2S. The van der Waals surface area contributed by atoms with Crippen molar-refractivity contribution in [2.45, 2.75) is 32.4 Å². The average molecular weight is 291 g/mol. The molecule has 2 unspecified atom stereocenters. The normalized spacial score (nSPS) is 13.8. The van der Waals surface area contributed by atoms with Gasteiger partial charge in [-0.25, -0.2) is 0 Å². The third kappa shape index (κ3) is 3.52. The first-order valence-electron chi connectivity index (χ1n) is 6.93. The van der Waals surface area contributed by atoms with Crippen LogP contribution >= 0.6 is 11.3 Å². The van der Waals surface area contributed by atoms with Crippen LogP contribution in [0.5, 0.6) is 11.5 Å². The highest BCUT2D eigenvalue weighted by molar-refractivity contribution is 7.10. The number of benzene rings is 1. The summed E-state index contributed by atoms with van der Waals surface area (Å²) in [6.07, 6.45) is 0.723. The van der Waals surface area contributed by atoms with Crippen molar-refractivity contribution in [2.24, 2.45) is 5.73 Å². The number of hydrogen-bond donors (Lipinski definition) is 1. The molecule has 0 saturated heterocycles. The summed E-state index contributed by atoms with van der Waals surface area (Å²) in [5.41, 5.74) is 6.22. The van der Waals surface area contributed by atoms with E-state index in [0.717, 1.165) is 22.8 Å². The van der Waals surface area contributed by atoms with E-state index in [-0.39, 0.29) is 12.1 Å². The van der Waals surface area contributed by atoms with E-state index in [0.29, 0.717) is 6.61 Å². The van der Waals surface area contributed by atoms with Gasteiger partial charge in [0, 0.05) is 10.9 Å². The van der Waals surface area contributed by atoms with Crippen molar-refractivity contribution in [3.63, 3.8) is 0 Å². The predicted molar refractivity (Wildman–Crippen MR) is 83.6 cm³/mol. The summed E-state index contributed by atoms with van der Waals surface area (Å²) in [5.74, 6) is 1.51. The van der Waals surface area contributed by atoms with Crippen molar-refractivity contribution in [3.8, 4) is 11.5 Å². The van der Waals surface area contributed by atoms with Crippen LogP contribution in [0, 0.1) is 0 Å². The summed E-state index contributed by atoms with van der Waals surface area (Å²) in [6, 6.07) is 11.8. The Morgan fingerprint density at radius 1 is 1.10 bits per heavy atom. The minimum atomic E-state index is -0.137. The summed E-state index contributed by atoms with van der Waals surface area (Å²) < 4.78 is 11.8. The third-order valence-corrected chi connectivity index (χ3v) is 4.02. The zero-order chi connectivity index (χ0) is 14.4. The Morgan fingerprint density at radius 3 is 2.45 bits per heavy atom. The van der Waals surface area contributed by atoms with E-state index in [1.807, 2.05) is 42.6 Å². The van der Waals surface area contributed by atoms with Gasteiger partial charge in [-0.2, -0.15) is 0 Å². The molecule has 0 saturated carbocycles. The van der Waals surface area contributed by atoms with Crippen LogP contribution in [0.15, 0.2) is 41.8 Å². The monoisotopic (exact) mass is 291 g/mol. The molecule has 1 aromatic heterocycles. The van der Waals surface area contributed by atoms with Gasteiger partial charge in [0.25, 0.3) is 0 Å². The van der Waals surface area contributed by atoms with E-state index in [1.54, 1.807) is 11.3 Å². The van der Waals surface area contributed by atoms with Crippen molar-refractivity contribution in [1.82, 2.24) is 0 Å². The SMILES string of the molecule is CCOc1ccccc1OC(c1cccs1)C(N)CC. The molecule has 1 heterocycles. The molecule has 0 radical (unpaired) electrons. The van der Waals surface area contributed by atoms with Crippen LogP contribution in [0.2, 0.25) is 0 Å². The van der Waals surface area contributed by atoms with Gasteiger partial charge in [-0.05, 0) is 36.9 Å². The Kier molecular flexibility index (Phi) is 5.44. The van der Waals surface area contributed by atoms with E-state index in [1.165, 1.54) is 0 Å². The van der Waals surface area contributed by atoms with Crippen LogP contribution in [0.25, 0.3) is 0 Å². The molecule has 0 fully saturated rings. The van der Waals surface area contributed by atoms with Gasteiger partial charge in [-0.3, -0.25) is 0 Å². The van der Waals surface area contributed by atoms with Crippen LogP contribution in [0.3, 0.4) is 0 Å². The zero-order valence-corrected chi connectivity index (χ0v) is 12.7. The summed E-state index contributed by atoms with van der Waals surface area (Å²) >= 11 is 1.67. The summed E-state index contributed by atoms with van der Waals surface area (Å²) in [7, 11) is 0. The molecule has 3 nitrogen and oxygen atoms in total. The molecular weight excluding hydrogens is 270 g/mol. The average Bonchev–Trinajstić information content (AvgIpc) is 3.00. The molecule has 1 aromatic carbocycles. The Hall–Kier alpha value is -1.52. The van der Waals surface area contributed by atoms with E-state index in [9.17, 15) is 0 Å². The summed E-state index contributed by atoms with van der Waals surface area (Å²) in [4.78, 5) is 1.14. The lowest BCUT2D eigenvalue weighted by Gasteiger charge is -2.24. The fourth-order valence-corrected chi connectivity index (χ4v) is 2.81. The maximum Gasteiger partial charge on any atom is 0.162 e. The third-order valence-electron chi connectivity index (χ3n) is 3.09. The number of rotatable bonds is 7. The van der Waals surface area contributed by atoms with Crippen molar-refractivity contribution < 1.29 is 9.47 Å². The summed E-state index contributed by atoms with van der Waals surface area (Å²) in [5, 5.41) is 2.04. The molecule has 2 aromatic rings. The van der Waals surface area contributed by atoms with Gasteiger partial charge in [0.05, 0.1) is 6.61 Å². The van der Waals surface area contributed by atoms with Crippen molar-refractivity contribution in [2.75, 3.05) is 6.61 Å². The molecule has 0 aliphatic carbocycles. The lowest BCUT2D eigenvalue weighted by molar-refractivity contribution is 0.165. The van der Waals surface area contributed by atoms with E-state index in [4.69, 9.17) is 15.2 Å². The minimum Gasteiger partial charge on any atom is -0.490 e. The first kappa shape index (κ1) is 14.9. The largest absolute Gasteiger partial charge is 0.490 e. The maximum absolute atomic E-state index is 6.22. The van der Waals surface area contributed by atoms with Crippen LogP contribution in [-0.4, -0.2) is 12.6 Å². The number of nitrogens with two attached hydrogens (primary N) is 1. The summed E-state index contributed by atoms with van der Waals surface area (Å²) in [6.45, 7) is 4.65. The molecule has 2 rings (SSSR count). The van der Waals surface area contributed by atoms with Crippen LogP contribution in [0.1, 0.15) is 31.2 Å². The fourth-order valence-electron chi connectivity index (χ4n) is 1.98. The highest BCUT2D eigenvalue weighted by Crippen LogP contribution is 2.34. The topological polar surface area (TPSA) is 44.5 Å². The minimum absolute atomic E-state index is 0.0386. The molecule has 108 valence electrons. The van der Waals surface area contributed by atoms with Gasteiger partial charge in [0.2, 0.25) is 0 Å². The molecule has 0 bridgehead atoms. The molecule has 2 N–H and O–H groups in total. The highest BCUT2D eigenvalue weighted by atomic mass is 32.1. The van der Waals surface area contributed by atoms with Crippen LogP contribution in [-0.2, 0) is 0 Å². The van der Waals surface area contributed by atoms with E-state index >= 15 is 0 Å². The van der Waals surface area contributed by atoms with Crippen molar-refractivity contribution in [3.05, 3.63) is 46.7 Å². The fraction of sp³-hybridized carbons (Fsp3) is 0.375. The van der Waals surface area contributed by atoms with Gasteiger partial charge >= 0.3 is 0 Å². The lowest BCUT2D eigenvalue weighted by Crippen LogP contribution is -2.31. The van der Waals surface area contributed by atoms with E-state index < -0.39 is 0 Å². The zero-order valence-electron chi connectivity index (χ0n) is 11.9. The van der Waals surface area contributed by atoms with Crippen LogP contribution in [0.4, 0.5) is 0 Å². The van der Waals surface area contributed by atoms with Gasteiger partial charge in [-0.15, -0.1) is 11.3 Å². The van der Waals surface area contributed by atoms with Gasteiger partial charge < -0.3 is 15.2 Å². The molecule has 0 amide bonds. The Balaban J connectivity index is 2.24. The molecule has 2 atom stereocenters.